The van der Waals surface area contributed by atoms with E-state index in [1.807, 2.05) is 0 Å². The minimum atomic E-state index is -4.47. The van der Waals surface area contributed by atoms with E-state index >= 15 is 0 Å². The molecule has 0 saturated carbocycles. The second-order valence-electron chi connectivity index (χ2n) is 6.08. The van der Waals surface area contributed by atoms with Crippen molar-refractivity contribution in [2.24, 2.45) is 5.92 Å². The van der Waals surface area contributed by atoms with Gasteiger partial charge in [-0.15, -0.1) is 0 Å². The van der Waals surface area contributed by atoms with Gasteiger partial charge in [0, 0.05) is 18.2 Å². The van der Waals surface area contributed by atoms with Gasteiger partial charge in [0.25, 0.3) is 0 Å². The molecule has 26 heavy (non-hydrogen) atoms. The zero-order chi connectivity index (χ0) is 18.9. The van der Waals surface area contributed by atoms with Crippen LogP contribution in [0.5, 0.6) is 0 Å². The number of amides is 1. The maximum absolute atomic E-state index is 13.8. The van der Waals surface area contributed by atoms with Gasteiger partial charge < -0.3 is 10.6 Å². The molecule has 0 radical (unpaired) electrons. The van der Waals surface area contributed by atoms with Gasteiger partial charge >= 0.3 is 6.18 Å². The molecule has 1 aliphatic heterocycles. The third-order valence-electron chi connectivity index (χ3n) is 4.37. The number of nitrogens with one attached hydrogen (secondary N) is 2. The Hall–Kier alpha value is -2.83. The Labute approximate surface area is 147 Å². The van der Waals surface area contributed by atoms with Crippen molar-refractivity contribution in [1.82, 2.24) is 5.32 Å². The standard InChI is InChI=1S/C19H16F4N2O/c1-11(25-16-8-3-2-7-15(16)20)17-14(10-24-18(17)26)12-5-4-6-13(9-12)19(21,22)23/h2-9,14,17,25H,1,10H2,(H,24,26). The predicted molar refractivity (Wildman–Crippen MR) is 89.8 cm³/mol. The van der Waals surface area contributed by atoms with E-state index in [0.29, 0.717) is 5.56 Å². The molecule has 2 unspecified atom stereocenters. The van der Waals surface area contributed by atoms with Crippen molar-refractivity contribution in [2.75, 3.05) is 11.9 Å². The second-order valence-corrected chi connectivity index (χ2v) is 6.08. The molecule has 2 N–H and O–H groups in total. The number of carbonyl (C=O) groups excluding carboxylic acids is 1. The first-order chi connectivity index (χ1) is 12.3. The zero-order valence-corrected chi connectivity index (χ0v) is 13.6. The smallest absolute Gasteiger partial charge is 0.356 e. The van der Waals surface area contributed by atoms with Gasteiger partial charge in [0.05, 0.1) is 17.2 Å². The summed E-state index contributed by atoms with van der Waals surface area (Å²) in [7, 11) is 0. The average Bonchev–Trinajstić information content (AvgIpc) is 2.98. The van der Waals surface area contributed by atoms with Crippen LogP contribution in [0.1, 0.15) is 17.0 Å². The van der Waals surface area contributed by atoms with E-state index in [1.165, 1.54) is 24.3 Å². The molecular formula is C19H16F4N2O. The quantitative estimate of drug-likeness (QED) is 0.795. The maximum atomic E-state index is 13.8. The summed E-state index contributed by atoms with van der Waals surface area (Å²) in [6.45, 7) is 3.99. The summed E-state index contributed by atoms with van der Waals surface area (Å²) >= 11 is 0. The molecule has 1 aliphatic rings. The van der Waals surface area contributed by atoms with Gasteiger partial charge in [0.1, 0.15) is 5.82 Å². The predicted octanol–water partition coefficient (Wildman–Crippen LogP) is 4.30. The van der Waals surface area contributed by atoms with Crippen LogP contribution in [0, 0.1) is 11.7 Å². The number of carbonyl (C=O) groups is 1. The second kappa shape index (κ2) is 6.82. The molecule has 2 aromatic rings. The summed E-state index contributed by atoms with van der Waals surface area (Å²) < 4.78 is 52.7. The molecule has 3 rings (SSSR count). The molecular weight excluding hydrogens is 348 g/mol. The van der Waals surface area contributed by atoms with Crippen LogP contribution < -0.4 is 10.6 Å². The Balaban J connectivity index is 1.87. The number of benzene rings is 2. The number of hydrogen-bond donors (Lipinski definition) is 2. The summed E-state index contributed by atoms with van der Waals surface area (Å²) in [5.74, 6) is -2.21. The lowest BCUT2D eigenvalue weighted by Gasteiger charge is -2.21. The summed E-state index contributed by atoms with van der Waals surface area (Å²) in [6, 6.07) is 10.8. The van der Waals surface area contributed by atoms with Crippen LogP contribution in [0.4, 0.5) is 23.2 Å². The van der Waals surface area contributed by atoms with E-state index in [1.54, 1.807) is 12.1 Å². The Morgan fingerprint density at radius 1 is 1.15 bits per heavy atom. The molecule has 1 fully saturated rings. The molecule has 0 aromatic heterocycles. The van der Waals surface area contributed by atoms with Crippen molar-refractivity contribution in [1.29, 1.82) is 0 Å². The number of para-hydroxylation sites is 1. The summed E-state index contributed by atoms with van der Waals surface area (Å²) in [5.41, 5.74) is -0.0204. The lowest BCUT2D eigenvalue weighted by Crippen LogP contribution is -2.24. The molecule has 3 nitrogen and oxygen atoms in total. The number of rotatable bonds is 4. The minimum Gasteiger partial charge on any atom is -0.356 e. The molecule has 0 spiro atoms. The highest BCUT2D eigenvalue weighted by Gasteiger charge is 2.39. The molecule has 136 valence electrons. The van der Waals surface area contributed by atoms with Crippen LogP contribution in [0.15, 0.2) is 60.8 Å². The SMILES string of the molecule is C=C(Nc1ccccc1F)C1C(=O)NCC1c1cccc(C(F)(F)F)c1. The van der Waals surface area contributed by atoms with E-state index in [4.69, 9.17) is 0 Å². The summed E-state index contributed by atoms with van der Waals surface area (Å²) in [4.78, 5) is 12.2. The van der Waals surface area contributed by atoms with E-state index < -0.39 is 29.4 Å². The fraction of sp³-hybridized carbons (Fsp3) is 0.211. The van der Waals surface area contributed by atoms with Gasteiger partial charge in [-0.05, 0) is 23.8 Å². The Kier molecular flexibility index (Phi) is 4.71. The fourth-order valence-electron chi connectivity index (χ4n) is 3.09. The van der Waals surface area contributed by atoms with Crippen LogP contribution >= 0.6 is 0 Å². The first kappa shape index (κ1) is 18.0. The van der Waals surface area contributed by atoms with Gasteiger partial charge in [0.2, 0.25) is 5.91 Å². The third kappa shape index (κ3) is 3.56. The Morgan fingerprint density at radius 3 is 2.58 bits per heavy atom. The fourth-order valence-corrected chi connectivity index (χ4v) is 3.09. The molecule has 1 heterocycles. The van der Waals surface area contributed by atoms with E-state index in [-0.39, 0.29) is 23.8 Å². The van der Waals surface area contributed by atoms with Crippen molar-refractivity contribution < 1.29 is 22.4 Å². The molecule has 7 heteroatoms. The molecule has 1 amide bonds. The number of hydrogen-bond acceptors (Lipinski definition) is 2. The largest absolute Gasteiger partial charge is 0.416 e. The van der Waals surface area contributed by atoms with Gasteiger partial charge in [-0.25, -0.2) is 4.39 Å². The molecule has 0 aliphatic carbocycles. The minimum absolute atomic E-state index is 0.153. The molecule has 0 bridgehead atoms. The first-order valence-electron chi connectivity index (χ1n) is 7.92. The molecule has 2 aromatic carbocycles. The Bertz CT molecular complexity index is 847. The van der Waals surface area contributed by atoms with Crippen molar-refractivity contribution in [3.05, 3.63) is 77.8 Å². The van der Waals surface area contributed by atoms with Crippen molar-refractivity contribution >= 4 is 11.6 Å². The average molecular weight is 364 g/mol. The highest BCUT2D eigenvalue weighted by atomic mass is 19.4. The normalized spacial score (nSPS) is 19.9. The van der Waals surface area contributed by atoms with Gasteiger partial charge in [-0.3, -0.25) is 4.79 Å². The lowest BCUT2D eigenvalue weighted by atomic mass is 9.86. The monoisotopic (exact) mass is 364 g/mol. The van der Waals surface area contributed by atoms with E-state index in [9.17, 15) is 22.4 Å². The highest BCUT2D eigenvalue weighted by molar-refractivity contribution is 5.86. The Morgan fingerprint density at radius 2 is 1.88 bits per heavy atom. The summed E-state index contributed by atoms with van der Waals surface area (Å²) in [5, 5.41) is 5.42. The number of alkyl halides is 3. The van der Waals surface area contributed by atoms with Crippen molar-refractivity contribution in [2.45, 2.75) is 12.1 Å². The van der Waals surface area contributed by atoms with E-state index in [2.05, 4.69) is 17.2 Å². The first-order valence-corrected chi connectivity index (χ1v) is 7.92. The van der Waals surface area contributed by atoms with Gasteiger partial charge in [0.15, 0.2) is 0 Å². The van der Waals surface area contributed by atoms with Crippen LogP contribution in [-0.4, -0.2) is 12.5 Å². The van der Waals surface area contributed by atoms with Crippen LogP contribution in [0.25, 0.3) is 0 Å². The lowest BCUT2D eigenvalue weighted by molar-refractivity contribution is -0.137. The third-order valence-corrected chi connectivity index (χ3v) is 4.37. The van der Waals surface area contributed by atoms with Crippen LogP contribution in [0.3, 0.4) is 0 Å². The summed E-state index contributed by atoms with van der Waals surface area (Å²) in [6.07, 6.45) is -4.47. The van der Waals surface area contributed by atoms with E-state index in [0.717, 1.165) is 12.1 Å². The number of anilines is 1. The van der Waals surface area contributed by atoms with Crippen LogP contribution in [0.2, 0.25) is 0 Å². The topological polar surface area (TPSA) is 41.1 Å². The van der Waals surface area contributed by atoms with Gasteiger partial charge in [-0.2, -0.15) is 13.2 Å². The van der Waals surface area contributed by atoms with Crippen molar-refractivity contribution in [3.63, 3.8) is 0 Å². The molecule has 2 atom stereocenters. The highest BCUT2D eigenvalue weighted by Crippen LogP contribution is 2.37. The zero-order valence-electron chi connectivity index (χ0n) is 13.6. The van der Waals surface area contributed by atoms with Gasteiger partial charge in [-0.1, -0.05) is 36.9 Å². The van der Waals surface area contributed by atoms with Crippen molar-refractivity contribution in [3.8, 4) is 0 Å². The van der Waals surface area contributed by atoms with Crippen LogP contribution in [-0.2, 0) is 11.0 Å². The molecule has 1 saturated heterocycles. The maximum Gasteiger partial charge on any atom is 0.416 e. The number of halogens is 4.